The van der Waals surface area contributed by atoms with Gasteiger partial charge in [0.05, 0.1) is 11.4 Å². The van der Waals surface area contributed by atoms with E-state index in [1.807, 2.05) is 11.3 Å². The quantitative estimate of drug-likeness (QED) is 0.772. The van der Waals surface area contributed by atoms with Gasteiger partial charge in [-0.3, -0.25) is 4.40 Å². The highest BCUT2D eigenvalue weighted by atomic mass is 32.1. The van der Waals surface area contributed by atoms with Crippen molar-refractivity contribution in [1.82, 2.24) is 9.38 Å². The number of aromatic nitrogens is 2. The summed E-state index contributed by atoms with van der Waals surface area (Å²) in [5, 5.41) is 0. The maximum Gasteiger partial charge on any atom is 0.194 e. The van der Waals surface area contributed by atoms with Gasteiger partial charge in [-0.1, -0.05) is 38.1 Å². The van der Waals surface area contributed by atoms with Crippen LogP contribution >= 0.6 is 11.3 Å². The molecule has 0 saturated carbocycles. The van der Waals surface area contributed by atoms with Gasteiger partial charge in [0, 0.05) is 22.6 Å². The van der Waals surface area contributed by atoms with Crippen molar-refractivity contribution >= 4 is 16.3 Å². The second-order valence-corrected chi connectivity index (χ2v) is 8.00. The summed E-state index contributed by atoms with van der Waals surface area (Å²) < 4.78 is 2.42. The first kappa shape index (κ1) is 15.9. The zero-order valence-corrected chi connectivity index (χ0v) is 15.3. The van der Waals surface area contributed by atoms with Crippen LogP contribution in [-0.2, 0) is 25.7 Å². The molecule has 1 unspecified atom stereocenters. The fourth-order valence-corrected chi connectivity index (χ4v) is 5.13. The van der Waals surface area contributed by atoms with Crippen LogP contribution in [0.2, 0.25) is 0 Å². The average molecular weight is 340 g/mol. The van der Waals surface area contributed by atoms with Crippen molar-refractivity contribution in [3.05, 3.63) is 46.1 Å². The zero-order chi connectivity index (χ0) is 16.7. The molecule has 0 aliphatic heterocycles. The second kappa shape index (κ2) is 6.34. The minimum Gasteiger partial charge on any atom is -0.330 e. The van der Waals surface area contributed by atoms with Crippen molar-refractivity contribution < 1.29 is 0 Å². The minimum absolute atomic E-state index is 0.662. The lowest BCUT2D eigenvalue weighted by Gasteiger charge is -2.18. The molecule has 2 heterocycles. The number of nitrogens with zero attached hydrogens (tertiary/aromatic N) is 2. The number of thiazole rings is 1. The molecule has 0 spiro atoms. The molecular weight excluding hydrogens is 314 g/mol. The normalized spacial score (nSPS) is 17.4. The number of hydrogen-bond acceptors (Lipinski definition) is 3. The number of hydrogen-bond donors (Lipinski definition) is 1. The van der Waals surface area contributed by atoms with Gasteiger partial charge in [0.25, 0.3) is 0 Å². The molecule has 1 aliphatic rings. The van der Waals surface area contributed by atoms with Gasteiger partial charge < -0.3 is 5.73 Å². The summed E-state index contributed by atoms with van der Waals surface area (Å²) in [6.45, 7) is 5.20. The van der Waals surface area contributed by atoms with E-state index >= 15 is 0 Å². The molecule has 24 heavy (non-hydrogen) atoms. The van der Waals surface area contributed by atoms with Crippen LogP contribution < -0.4 is 5.73 Å². The molecule has 1 aromatic carbocycles. The van der Waals surface area contributed by atoms with Gasteiger partial charge in [-0.2, -0.15) is 0 Å². The largest absolute Gasteiger partial charge is 0.330 e. The molecule has 0 bridgehead atoms. The fourth-order valence-electron chi connectivity index (χ4n) is 3.78. The van der Waals surface area contributed by atoms with E-state index in [2.05, 4.69) is 42.5 Å². The van der Waals surface area contributed by atoms with Gasteiger partial charge in [0.15, 0.2) is 4.96 Å². The lowest BCUT2D eigenvalue weighted by atomic mass is 9.93. The molecule has 0 amide bonds. The number of aryl methyl sites for hydroxylation is 2. The Morgan fingerprint density at radius 3 is 2.79 bits per heavy atom. The van der Waals surface area contributed by atoms with Gasteiger partial charge in [0.2, 0.25) is 0 Å². The fraction of sp³-hybridized carbons (Fsp3) is 0.450. The van der Waals surface area contributed by atoms with E-state index < -0.39 is 0 Å². The van der Waals surface area contributed by atoms with Crippen molar-refractivity contribution in [2.75, 3.05) is 6.54 Å². The Balaban J connectivity index is 1.86. The Bertz CT molecular complexity index is 857. The Labute approximate surface area is 147 Å². The third-order valence-electron chi connectivity index (χ3n) is 5.17. The van der Waals surface area contributed by atoms with Crippen LogP contribution in [0.25, 0.3) is 16.2 Å². The van der Waals surface area contributed by atoms with E-state index in [-0.39, 0.29) is 0 Å². The monoisotopic (exact) mass is 339 g/mol. The van der Waals surface area contributed by atoms with E-state index in [0.29, 0.717) is 6.54 Å². The highest BCUT2D eigenvalue weighted by Gasteiger charge is 2.25. The third kappa shape index (κ3) is 2.58. The first-order valence-corrected chi connectivity index (χ1v) is 9.84. The number of imidazole rings is 1. The van der Waals surface area contributed by atoms with Crippen LogP contribution in [0.3, 0.4) is 0 Å². The van der Waals surface area contributed by atoms with E-state index in [1.54, 1.807) is 0 Å². The molecule has 0 radical (unpaired) electrons. The van der Waals surface area contributed by atoms with Crippen LogP contribution in [0.4, 0.5) is 0 Å². The lowest BCUT2D eigenvalue weighted by Crippen LogP contribution is -2.13. The van der Waals surface area contributed by atoms with Crippen molar-refractivity contribution in [2.45, 2.75) is 46.0 Å². The highest BCUT2D eigenvalue weighted by molar-refractivity contribution is 7.17. The molecule has 4 heteroatoms. The Morgan fingerprint density at radius 1 is 1.29 bits per heavy atom. The minimum atomic E-state index is 0.662. The number of benzene rings is 1. The molecule has 0 fully saturated rings. The molecular formula is C20H25N3S. The number of rotatable bonds is 4. The van der Waals surface area contributed by atoms with E-state index in [0.717, 1.165) is 29.4 Å². The molecule has 2 aromatic heterocycles. The summed E-state index contributed by atoms with van der Waals surface area (Å²) >= 11 is 1.88. The van der Waals surface area contributed by atoms with Gasteiger partial charge in [-0.25, -0.2) is 4.98 Å². The van der Waals surface area contributed by atoms with Crippen LogP contribution in [0.15, 0.2) is 24.3 Å². The van der Waals surface area contributed by atoms with Crippen LogP contribution in [0.5, 0.6) is 0 Å². The summed E-state index contributed by atoms with van der Waals surface area (Å²) in [5.74, 6) is 0.792. The summed E-state index contributed by atoms with van der Waals surface area (Å²) in [5.41, 5.74) is 12.4. The van der Waals surface area contributed by atoms with Gasteiger partial charge in [-0.05, 0) is 43.7 Å². The average Bonchev–Trinajstić information content (AvgIpc) is 3.11. The van der Waals surface area contributed by atoms with Crippen molar-refractivity contribution in [3.8, 4) is 11.3 Å². The Morgan fingerprint density at radius 2 is 2.08 bits per heavy atom. The molecule has 3 aromatic rings. The first-order chi connectivity index (χ1) is 11.7. The van der Waals surface area contributed by atoms with Crippen LogP contribution in [-0.4, -0.2) is 15.9 Å². The maximum atomic E-state index is 5.93. The van der Waals surface area contributed by atoms with E-state index in [1.165, 1.54) is 46.7 Å². The predicted octanol–water partition coefficient (Wildman–Crippen LogP) is 4.25. The number of fused-ring (bicyclic) bond motifs is 3. The molecule has 0 saturated heterocycles. The first-order valence-electron chi connectivity index (χ1n) is 9.02. The van der Waals surface area contributed by atoms with Crippen molar-refractivity contribution in [3.63, 3.8) is 0 Å². The molecule has 1 atom stereocenters. The summed E-state index contributed by atoms with van der Waals surface area (Å²) in [6, 6.07) is 8.85. The van der Waals surface area contributed by atoms with Crippen molar-refractivity contribution in [1.29, 1.82) is 0 Å². The standard InChI is InChI=1S/C20H25N3S/c1-3-14-5-7-15(8-6-14)19-17(10-11-21)23-16-9-4-13(2)12-18(16)24-20(23)22-19/h5-8,13H,3-4,9-12,21H2,1-2H3. The Kier molecular flexibility index (Phi) is 4.19. The SMILES string of the molecule is CCc1ccc(-c2nc3sc4c(n3c2CCN)CCC(C)C4)cc1. The van der Waals surface area contributed by atoms with Gasteiger partial charge in [-0.15, -0.1) is 11.3 Å². The van der Waals surface area contributed by atoms with Gasteiger partial charge >= 0.3 is 0 Å². The summed E-state index contributed by atoms with van der Waals surface area (Å²) in [6.07, 6.45) is 5.59. The van der Waals surface area contributed by atoms with Crippen molar-refractivity contribution in [2.24, 2.45) is 11.7 Å². The third-order valence-corrected chi connectivity index (χ3v) is 6.28. The van der Waals surface area contributed by atoms with E-state index in [4.69, 9.17) is 10.7 Å². The molecule has 2 N–H and O–H groups in total. The lowest BCUT2D eigenvalue weighted by molar-refractivity contribution is 0.498. The molecule has 1 aliphatic carbocycles. The summed E-state index contributed by atoms with van der Waals surface area (Å²) in [4.78, 5) is 7.69. The zero-order valence-electron chi connectivity index (χ0n) is 14.5. The smallest absolute Gasteiger partial charge is 0.194 e. The second-order valence-electron chi connectivity index (χ2n) is 6.93. The van der Waals surface area contributed by atoms with E-state index in [9.17, 15) is 0 Å². The van der Waals surface area contributed by atoms with Gasteiger partial charge in [0.1, 0.15) is 0 Å². The van der Waals surface area contributed by atoms with Crippen LogP contribution in [0, 0.1) is 5.92 Å². The van der Waals surface area contributed by atoms with Crippen LogP contribution in [0.1, 0.15) is 42.1 Å². The molecule has 4 rings (SSSR count). The molecule has 3 nitrogen and oxygen atoms in total. The topological polar surface area (TPSA) is 43.3 Å². The number of nitrogens with two attached hydrogens (primary N) is 1. The highest BCUT2D eigenvalue weighted by Crippen LogP contribution is 2.36. The predicted molar refractivity (Wildman–Crippen MR) is 102 cm³/mol. The Hall–Kier alpha value is -1.65. The maximum absolute atomic E-state index is 5.93. The molecule has 126 valence electrons. The summed E-state index contributed by atoms with van der Waals surface area (Å²) in [7, 11) is 0.